The van der Waals surface area contributed by atoms with Gasteiger partial charge >= 0.3 is 0 Å². The third kappa shape index (κ3) is 1.67. The fourth-order valence-corrected chi connectivity index (χ4v) is 2.91. The fraction of sp³-hybridized carbons (Fsp3) is 0.538. The molecule has 0 radical (unpaired) electrons. The lowest BCUT2D eigenvalue weighted by Crippen LogP contribution is -2.59. The van der Waals surface area contributed by atoms with Crippen LogP contribution in [-0.4, -0.2) is 38.8 Å². The van der Waals surface area contributed by atoms with Crippen LogP contribution in [0.5, 0.6) is 0 Å². The predicted molar refractivity (Wildman–Crippen MR) is 68.3 cm³/mol. The molecule has 1 aromatic carbocycles. The number of halogens is 1. The van der Waals surface area contributed by atoms with Gasteiger partial charge < -0.3 is 15.1 Å². The molecule has 0 spiro atoms. The Morgan fingerprint density at radius 1 is 1.47 bits per heavy atom. The lowest BCUT2D eigenvalue weighted by molar-refractivity contribution is 0.452. The minimum Gasteiger partial charge on any atom is -0.368 e. The molecule has 1 unspecified atom stereocenters. The molecule has 1 N–H and O–H groups in total. The third-order valence-corrected chi connectivity index (χ3v) is 3.76. The first-order valence-corrected chi connectivity index (χ1v) is 6.32. The minimum atomic E-state index is -0.0902. The maximum atomic E-state index is 14.1. The van der Waals surface area contributed by atoms with E-state index >= 15 is 0 Å². The predicted octanol–water partition coefficient (Wildman–Crippen LogP) is 1.44. The summed E-state index contributed by atoms with van der Waals surface area (Å²) in [5, 5.41) is 3.39. The van der Waals surface area contributed by atoms with E-state index in [-0.39, 0.29) is 5.82 Å². The molecule has 3 nitrogen and oxygen atoms in total. The van der Waals surface area contributed by atoms with Gasteiger partial charge in [-0.3, -0.25) is 0 Å². The minimum absolute atomic E-state index is 0.0902. The highest BCUT2D eigenvalue weighted by Crippen LogP contribution is 2.37. The average molecular weight is 235 g/mol. The van der Waals surface area contributed by atoms with E-state index in [1.165, 1.54) is 0 Å². The van der Waals surface area contributed by atoms with Gasteiger partial charge in [0.25, 0.3) is 0 Å². The SMILES string of the molecule is CCN1CC2CNCCN2c2c(F)cccc21. The van der Waals surface area contributed by atoms with Crippen molar-refractivity contribution in [3.8, 4) is 0 Å². The van der Waals surface area contributed by atoms with E-state index in [9.17, 15) is 4.39 Å². The highest BCUT2D eigenvalue weighted by molar-refractivity contribution is 5.75. The Morgan fingerprint density at radius 2 is 2.35 bits per heavy atom. The van der Waals surface area contributed by atoms with Crippen molar-refractivity contribution in [2.75, 3.05) is 42.5 Å². The fourth-order valence-electron chi connectivity index (χ4n) is 2.91. The molecule has 17 heavy (non-hydrogen) atoms. The first-order chi connectivity index (χ1) is 8.31. The molecule has 0 bridgehead atoms. The molecule has 2 heterocycles. The van der Waals surface area contributed by atoms with Crippen molar-refractivity contribution in [3.05, 3.63) is 24.0 Å². The molecule has 0 aliphatic carbocycles. The second-order valence-electron chi connectivity index (χ2n) is 4.70. The molecule has 3 rings (SSSR count). The number of hydrogen-bond acceptors (Lipinski definition) is 3. The smallest absolute Gasteiger partial charge is 0.148 e. The highest BCUT2D eigenvalue weighted by Gasteiger charge is 2.33. The molecule has 0 amide bonds. The van der Waals surface area contributed by atoms with Crippen LogP contribution in [0.25, 0.3) is 0 Å². The van der Waals surface area contributed by atoms with Crippen LogP contribution in [0.15, 0.2) is 18.2 Å². The Balaban J connectivity index is 2.08. The normalized spacial score (nSPS) is 23.3. The molecule has 92 valence electrons. The van der Waals surface area contributed by atoms with Gasteiger partial charge in [-0.2, -0.15) is 0 Å². The van der Waals surface area contributed by atoms with Gasteiger partial charge in [-0.15, -0.1) is 0 Å². The summed E-state index contributed by atoms with van der Waals surface area (Å²) < 4.78 is 14.1. The molecular weight excluding hydrogens is 217 g/mol. The van der Waals surface area contributed by atoms with Crippen molar-refractivity contribution in [2.24, 2.45) is 0 Å². The van der Waals surface area contributed by atoms with Gasteiger partial charge in [-0.25, -0.2) is 4.39 Å². The van der Waals surface area contributed by atoms with E-state index in [1.54, 1.807) is 12.1 Å². The number of nitrogens with one attached hydrogen (secondary N) is 1. The second-order valence-corrected chi connectivity index (χ2v) is 4.70. The van der Waals surface area contributed by atoms with Crippen LogP contribution in [0.2, 0.25) is 0 Å². The quantitative estimate of drug-likeness (QED) is 0.794. The maximum absolute atomic E-state index is 14.1. The van der Waals surface area contributed by atoms with E-state index < -0.39 is 0 Å². The molecule has 2 aliphatic heterocycles. The Labute approximate surface area is 101 Å². The summed E-state index contributed by atoms with van der Waals surface area (Å²) in [6, 6.07) is 5.80. The lowest BCUT2D eigenvalue weighted by atomic mass is 10.0. The van der Waals surface area contributed by atoms with E-state index in [0.29, 0.717) is 6.04 Å². The van der Waals surface area contributed by atoms with Gasteiger partial charge in [0.05, 0.1) is 17.4 Å². The summed E-state index contributed by atoms with van der Waals surface area (Å²) in [5.74, 6) is -0.0902. The molecule has 1 saturated heterocycles. The van der Waals surface area contributed by atoms with Crippen molar-refractivity contribution in [2.45, 2.75) is 13.0 Å². The summed E-state index contributed by atoms with van der Waals surface area (Å²) in [7, 11) is 0. The number of para-hydroxylation sites is 1. The summed E-state index contributed by atoms with van der Waals surface area (Å²) in [4.78, 5) is 4.50. The Bertz CT molecular complexity index is 421. The first kappa shape index (κ1) is 10.8. The van der Waals surface area contributed by atoms with E-state index in [4.69, 9.17) is 0 Å². The largest absolute Gasteiger partial charge is 0.368 e. The van der Waals surface area contributed by atoms with Crippen LogP contribution in [0.4, 0.5) is 15.8 Å². The topological polar surface area (TPSA) is 18.5 Å². The summed E-state index contributed by atoms with van der Waals surface area (Å²) in [5.41, 5.74) is 1.85. The number of piperazine rings is 1. The number of anilines is 2. The second kappa shape index (κ2) is 4.18. The number of likely N-dealkylation sites (N-methyl/N-ethyl adjacent to an activating group) is 1. The standard InChI is InChI=1S/C13H18FN3/c1-2-16-9-10-8-15-6-7-17(10)13-11(14)4-3-5-12(13)16/h3-5,10,15H,2,6-9H2,1H3. The molecule has 0 saturated carbocycles. The van der Waals surface area contributed by atoms with Crippen molar-refractivity contribution >= 4 is 11.4 Å². The molecular formula is C13H18FN3. The molecule has 1 fully saturated rings. The number of fused-ring (bicyclic) bond motifs is 3. The van der Waals surface area contributed by atoms with E-state index in [1.807, 2.05) is 6.07 Å². The van der Waals surface area contributed by atoms with Crippen molar-refractivity contribution in [1.29, 1.82) is 0 Å². The van der Waals surface area contributed by atoms with Crippen LogP contribution in [0, 0.1) is 5.82 Å². The summed E-state index contributed by atoms with van der Waals surface area (Å²) in [6.45, 7) is 6.83. The van der Waals surface area contributed by atoms with Crippen LogP contribution < -0.4 is 15.1 Å². The van der Waals surface area contributed by atoms with Crippen molar-refractivity contribution in [1.82, 2.24) is 5.32 Å². The van der Waals surface area contributed by atoms with Crippen LogP contribution >= 0.6 is 0 Å². The Morgan fingerprint density at radius 3 is 3.18 bits per heavy atom. The van der Waals surface area contributed by atoms with Gasteiger partial charge in [-0.05, 0) is 19.1 Å². The maximum Gasteiger partial charge on any atom is 0.148 e. The van der Waals surface area contributed by atoms with Gasteiger partial charge in [0.2, 0.25) is 0 Å². The number of rotatable bonds is 1. The zero-order chi connectivity index (χ0) is 11.8. The molecule has 0 aromatic heterocycles. The Hall–Kier alpha value is -1.29. The van der Waals surface area contributed by atoms with Crippen molar-refractivity contribution in [3.63, 3.8) is 0 Å². The molecule has 2 aliphatic rings. The highest BCUT2D eigenvalue weighted by atomic mass is 19.1. The average Bonchev–Trinajstić information content (AvgIpc) is 2.38. The summed E-state index contributed by atoms with van der Waals surface area (Å²) >= 11 is 0. The number of nitrogens with zero attached hydrogens (tertiary/aromatic N) is 2. The van der Waals surface area contributed by atoms with Crippen LogP contribution in [0.3, 0.4) is 0 Å². The van der Waals surface area contributed by atoms with Gasteiger partial charge in [-0.1, -0.05) is 6.07 Å². The van der Waals surface area contributed by atoms with E-state index in [0.717, 1.165) is 44.1 Å². The first-order valence-electron chi connectivity index (χ1n) is 6.32. The monoisotopic (exact) mass is 235 g/mol. The summed E-state index contributed by atoms with van der Waals surface area (Å²) in [6.07, 6.45) is 0. The lowest BCUT2D eigenvalue weighted by Gasteiger charge is -2.47. The zero-order valence-corrected chi connectivity index (χ0v) is 10.1. The van der Waals surface area contributed by atoms with Gasteiger partial charge in [0, 0.05) is 32.7 Å². The third-order valence-electron chi connectivity index (χ3n) is 3.76. The van der Waals surface area contributed by atoms with Crippen molar-refractivity contribution < 1.29 is 4.39 Å². The number of hydrogen-bond donors (Lipinski definition) is 1. The zero-order valence-electron chi connectivity index (χ0n) is 10.1. The van der Waals surface area contributed by atoms with E-state index in [2.05, 4.69) is 22.0 Å². The molecule has 1 aromatic rings. The van der Waals surface area contributed by atoms with Gasteiger partial charge in [0.1, 0.15) is 5.82 Å². The van der Waals surface area contributed by atoms with Crippen LogP contribution in [0.1, 0.15) is 6.92 Å². The molecule has 4 heteroatoms. The Kier molecular flexibility index (Phi) is 2.67. The van der Waals surface area contributed by atoms with Crippen LogP contribution in [-0.2, 0) is 0 Å². The molecule has 1 atom stereocenters. The number of benzene rings is 1. The van der Waals surface area contributed by atoms with Gasteiger partial charge in [0.15, 0.2) is 0 Å².